The fourth-order valence-corrected chi connectivity index (χ4v) is 2.01. The summed E-state index contributed by atoms with van der Waals surface area (Å²) >= 11 is 0. The van der Waals surface area contributed by atoms with Crippen LogP contribution in [0.25, 0.3) is 0 Å². The number of hydrogen-bond donors (Lipinski definition) is 1. The summed E-state index contributed by atoms with van der Waals surface area (Å²) in [5.41, 5.74) is 2.11. The molecule has 96 valence electrons. The largest absolute Gasteiger partial charge is 0.387 e. The second-order valence-corrected chi connectivity index (χ2v) is 4.65. The highest BCUT2D eigenvalue weighted by atomic mass is 16.3. The minimum absolute atomic E-state index is 0.451. The van der Waals surface area contributed by atoms with Gasteiger partial charge in [-0.3, -0.25) is 9.58 Å². The van der Waals surface area contributed by atoms with Crippen LogP contribution in [0.3, 0.4) is 0 Å². The quantitative estimate of drug-likeness (QED) is 0.869. The first kappa shape index (κ1) is 12.8. The first-order chi connectivity index (χ1) is 8.65. The molecule has 1 unspecified atom stereocenters. The summed E-state index contributed by atoms with van der Waals surface area (Å²) in [5, 5.41) is 14.2. The number of aromatic nitrogens is 2. The van der Waals surface area contributed by atoms with E-state index in [1.807, 2.05) is 56.8 Å². The van der Waals surface area contributed by atoms with Crippen molar-refractivity contribution < 1.29 is 5.11 Å². The Kier molecular flexibility index (Phi) is 4.12. The van der Waals surface area contributed by atoms with Gasteiger partial charge in [0, 0.05) is 31.9 Å². The first-order valence-corrected chi connectivity index (χ1v) is 6.04. The Morgan fingerprint density at radius 3 is 2.67 bits per heavy atom. The van der Waals surface area contributed by atoms with Gasteiger partial charge in [-0.1, -0.05) is 30.3 Å². The van der Waals surface area contributed by atoms with Crippen molar-refractivity contribution in [1.82, 2.24) is 14.7 Å². The summed E-state index contributed by atoms with van der Waals surface area (Å²) < 4.78 is 1.79. The Bertz CT molecular complexity index is 481. The summed E-state index contributed by atoms with van der Waals surface area (Å²) in [6.07, 6.45) is 3.39. The van der Waals surface area contributed by atoms with Crippen LogP contribution in [-0.4, -0.2) is 33.4 Å². The lowest BCUT2D eigenvalue weighted by Crippen LogP contribution is -2.24. The minimum atomic E-state index is -0.451. The minimum Gasteiger partial charge on any atom is -0.387 e. The summed E-state index contributed by atoms with van der Waals surface area (Å²) in [5.74, 6) is 0. The molecule has 0 aliphatic heterocycles. The van der Waals surface area contributed by atoms with Gasteiger partial charge in [0.25, 0.3) is 0 Å². The van der Waals surface area contributed by atoms with Gasteiger partial charge in [-0.25, -0.2) is 0 Å². The Morgan fingerprint density at radius 1 is 1.33 bits per heavy atom. The molecule has 0 amide bonds. The van der Waals surface area contributed by atoms with E-state index in [9.17, 15) is 5.11 Å². The number of likely N-dealkylation sites (N-methyl/N-ethyl adjacent to an activating group) is 1. The van der Waals surface area contributed by atoms with Gasteiger partial charge in [-0.2, -0.15) is 5.10 Å². The zero-order valence-electron chi connectivity index (χ0n) is 10.8. The van der Waals surface area contributed by atoms with E-state index in [1.54, 1.807) is 4.68 Å². The standard InChI is InChI=1S/C14H19N3O/c1-16(9-12-8-15-17(2)10-12)11-14(18)13-6-4-3-5-7-13/h3-8,10,14,18H,9,11H2,1-2H3. The molecule has 0 spiro atoms. The highest BCUT2D eigenvalue weighted by Gasteiger charge is 2.10. The van der Waals surface area contributed by atoms with Crippen molar-refractivity contribution in [2.45, 2.75) is 12.6 Å². The van der Waals surface area contributed by atoms with Crippen molar-refractivity contribution in [1.29, 1.82) is 0 Å². The molecule has 18 heavy (non-hydrogen) atoms. The summed E-state index contributed by atoms with van der Waals surface area (Å²) in [4.78, 5) is 2.09. The summed E-state index contributed by atoms with van der Waals surface area (Å²) in [7, 11) is 3.90. The lowest BCUT2D eigenvalue weighted by Gasteiger charge is -2.20. The second kappa shape index (κ2) is 5.80. The number of nitrogens with zero attached hydrogens (tertiary/aromatic N) is 3. The number of aliphatic hydroxyl groups excluding tert-OH is 1. The molecule has 4 heteroatoms. The van der Waals surface area contributed by atoms with Crippen molar-refractivity contribution in [3.8, 4) is 0 Å². The number of benzene rings is 1. The lowest BCUT2D eigenvalue weighted by atomic mass is 10.1. The fraction of sp³-hybridized carbons (Fsp3) is 0.357. The van der Waals surface area contributed by atoms with E-state index in [0.29, 0.717) is 6.54 Å². The third kappa shape index (κ3) is 3.42. The van der Waals surface area contributed by atoms with Crippen molar-refractivity contribution in [2.75, 3.05) is 13.6 Å². The molecule has 0 saturated heterocycles. The number of rotatable bonds is 5. The Hall–Kier alpha value is -1.65. The third-order valence-corrected chi connectivity index (χ3v) is 2.88. The van der Waals surface area contributed by atoms with E-state index >= 15 is 0 Å². The van der Waals surface area contributed by atoms with Gasteiger partial charge in [0.05, 0.1) is 12.3 Å². The van der Waals surface area contributed by atoms with Gasteiger partial charge in [-0.15, -0.1) is 0 Å². The van der Waals surface area contributed by atoms with Crippen molar-refractivity contribution >= 4 is 0 Å². The molecule has 0 aliphatic carbocycles. The van der Waals surface area contributed by atoms with Crippen molar-refractivity contribution in [3.05, 3.63) is 53.9 Å². The molecule has 1 aromatic heterocycles. The molecule has 2 aromatic rings. The zero-order chi connectivity index (χ0) is 13.0. The normalized spacial score (nSPS) is 12.9. The molecular formula is C14H19N3O. The predicted octanol–water partition coefficient (Wildman–Crippen LogP) is 1.59. The van der Waals surface area contributed by atoms with Gasteiger partial charge in [0.15, 0.2) is 0 Å². The molecule has 0 aliphatic rings. The molecule has 1 atom stereocenters. The molecule has 4 nitrogen and oxygen atoms in total. The van der Waals surface area contributed by atoms with Crippen LogP contribution >= 0.6 is 0 Å². The molecule has 1 aromatic carbocycles. The van der Waals surface area contributed by atoms with E-state index in [4.69, 9.17) is 0 Å². The average molecular weight is 245 g/mol. The summed E-state index contributed by atoms with van der Waals surface area (Å²) in [6.45, 7) is 1.40. The van der Waals surface area contributed by atoms with Gasteiger partial charge in [-0.05, 0) is 12.6 Å². The van der Waals surface area contributed by atoms with Crippen LogP contribution in [0.1, 0.15) is 17.2 Å². The highest BCUT2D eigenvalue weighted by Crippen LogP contribution is 2.14. The molecule has 1 N–H and O–H groups in total. The molecular weight excluding hydrogens is 226 g/mol. The predicted molar refractivity (Wildman–Crippen MR) is 70.9 cm³/mol. The van der Waals surface area contributed by atoms with Crippen LogP contribution in [0.4, 0.5) is 0 Å². The number of aryl methyl sites for hydroxylation is 1. The second-order valence-electron chi connectivity index (χ2n) is 4.65. The van der Waals surface area contributed by atoms with Crippen LogP contribution < -0.4 is 0 Å². The van der Waals surface area contributed by atoms with E-state index in [1.165, 1.54) is 0 Å². The van der Waals surface area contributed by atoms with E-state index in [2.05, 4.69) is 10.00 Å². The third-order valence-electron chi connectivity index (χ3n) is 2.88. The van der Waals surface area contributed by atoms with Crippen LogP contribution in [0, 0.1) is 0 Å². The number of aliphatic hydroxyl groups is 1. The summed E-state index contributed by atoms with van der Waals surface area (Å²) in [6, 6.07) is 9.74. The Balaban J connectivity index is 1.89. The molecule has 0 bridgehead atoms. The maximum Gasteiger partial charge on any atom is 0.0916 e. The topological polar surface area (TPSA) is 41.3 Å². The Morgan fingerprint density at radius 2 is 2.06 bits per heavy atom. The first-order valence-electron chi connectivity index (χ1n) is 6.04. The smallest absolute Gasteiger partial charge is 0.0916 e. The van der Waals surface area contributed by atoms with Crippen molar-refractivity contribution in [2.24, 2.45) is 7.05 Å². The van der Waals surface area contributed by atoms with E-state index in [-0.39, 0.29) is 0 Å². The number of hydrogen-bond acceptors (Lipinski definition) is 3. The SMILES string of the molecule is CN(Cc1cnn(C)c1)CC(O)c1ccccc1. The van der Waals surface area contributed by atoms with Crippen LogP contribution in [-0.2, 0) is 13.6 Å². The highest BCUT2D eigenvalue weighted by molar-refractivity contribution is 5.17. The maximum atomic E-state index is 10.1. The van der Waals surface area contributed by atoms with Crippen LogP contribution in [0.2, 0.25) is 0 Å². The Labute approximate surface area is 107 Å². The van der Waals surface area contributed by atoms with Gasteiger partial charge in [0.1, 0.15) is 0 Å². The lowest BCUT2D eigenvalue weighted by molar-refractivity contribution is 0.124. The van der Waals surface area contributed by atoms with Crippen molar-refractivity contribution in [3.63, 3.8) is 0 Å². The molecule has 0 fully saturated rings. The average Bonchev–Trinajstić information content (AvgIpc) is 2.75. The molecule has 1 heterocycles. The van der Waals surface area contributed by atoms with Gasteiger partial charge < -0.3 is 5.11 Å². The van der Waals surface area contributed by atoms with Crippen LogP contribution in [0.15, 0.2) is 42.7 Å². The van der Waals surface area contributed by atoms with Crippen LogP contribution in [0.5, 0.6) is 0 Å². The van der Waals surface area contributed by atoms with E-state index < -0.39 is 6.10 Å². The fourth-order valence-electron chi connectivity index (χ4n) is 2.01. The maximum absolute atomic E-state index is 10.1. The molecule has 0 saturated carbocycles. The van der Waals surface area contributed by atoms with Gasteiger partial charge >= 0.3 is 0 Å². The molecule has 2 rings (SSSR count). The molecule has 0 radical (unpaired) electrons. The van der Waals surface area contributed by atoms with Gasteiger partial charge in [0.2, 0.25) is 0 Å². The monoisotopic (exact) mass is 245 g/mol. The van der Waals surface area contributed by atoms with E-state index in [0.717, 1.165) is 17.7 Å². The zero-order valence-corrected chi connectivity index (χ0v) is 10.8.